The van der Waals surface area contributed by atoms with Crippen molar-refractivity contribution in [3.63, 3.8) is 0 Å². The summed E-state index contributed by atoms with van der Waals surface area (Å²) in [5, 5.41) is 13.6. The van der Waals surface area contributed by atoms with Crippen LogP contribution in [0.1, 0.15) is 24.3 Å². The Balaban J connectivity index is 2.28. The van der Waals surface area contributed by atoms with Gasteiger partial charge in [-0.3, -0.25) is 10.1 Å². The summed E-state index contributed by atoms with van der Waals surface area (Å²) in [6.45, 7) is 2.34. The maximum absolute atomic E-state index is 13.7. The van der Waals surface area contributed by atoms with Crippen molar-refractivity contribution in [1.29, 1.82) is 0 Å². The van der Waals surface area contributed by atoms with E-state index in [0.29, 0.717) is 6.54 Å². The van der Waals surface area contributed by atoms with E-state index in [0.717, 1.165) is 0 Å². The van der Waals surface area contributed by atoms with E-state index in [2.05, 4.69) is 5.32 Å². The Labute approximate surface area is 119 Å². The van der Waals surface area contributed by atoms with Gasteiger partial charge >= 0.3 is 5.88 Å². The largest absolute Gasteiger partial charge is 0.433 e. The quantitative estimate of drug-likeness (QED) is 0.655. The van der Waals surface area contributed by atoms with Crippen LogP contribution in [-0.2, 0) is 6.42 Å². The molecule has 1 N–H and O–H groups in total. The molecule has 5 nitrogen and oxygen atoms in total. The predicted octanol–water partition coefficient (Wildman–Crippen LogP) is 3.36. The summed E-state index contributed by atoms with van der Waals surface area (Å²) in [4.78, 5) is 9.98. The number of rotatable bonds is 6. The van der Waals surface area contributed by atoms with E-state index < -0.39 is 28.5 Å². The number of furan rings is 1. The Morgan fingerprint density at radius 2 is 1.95 bits per heavy atom. The highest BCUT2D eigenvalue weighted by molar-refractivity contribution is 5.25. The Morgan fingerprint density at radius 3 is 2.48 bits per heavy atom. The molecule has 2 rings (SSSR count). The van der Waals surface area contributed by atoms with Crippen LogP contribution in [0.4, 0.5) is 14.7 Å². The van der Waals surface area contributed by atoms with Crippen LogP contribution in [0.2, 0.25) is 0 Å². The third-order valence-electron chi connectivity index (χ3n) is 3.06. The van der Waals surface area contributed by atoms with Gasteiger partial charge in [0.2, 0.25) is 0 Å². The number of likely N-dealkylation sites (N-methyl/N-ethyl adjacent to an activating group) is 1. The average molecular weight is 296 g/mol. The van der Waals surface area contributed by atoms with Crippen molar-refractivity contribution in [1.82, 2.24) is 5.32 Å². The molecule has 1 unspecified atom stereocenters. The van der Waals surface area contributed by atoms with Crippen molar-refractivity contribution in [3.8, 4) is 0 Å². The zero-order valence-corrected chi connectivity index (χ0v) is 11.3. The van der Waals surface area contributed by atoms with Crippen LogP contribution < -0.4 is 5.32 Å². The number of nitrogens with one attached hydrogen (secondary N) is 1. The summed E-state index contributed by atoms with van der Waals surface area (Å²) in [5.41, 5.74) is -0.0810. The average Bonchev–Trinajstić information content (AvgIpc) is 2.91. The normalized spacial score (nSPS) is 12.3. The van der Waals surface area contributed by atoms with Gasteiger partial charge in [0.25, 0.3) is 0 Å². The minimum Gasteiger partial charge on any atom is -0.404 e. The molecule has 7 heteroatoms. The Morgan fingerprint density at radius 1 is 1.29 bits per heavy atom. The van der Waals surface area contributed by atoms with Gasteiger partial charge in [0.05, 0.1) is 12.1 Å². The van der Waals surface area contributed by atoms with Gasteiger partial charge < -0.3 is 9.73 Å². The smallest absolute Gasteiger partial charge is 0.404 e. The molecule has 0 aliphatic carbocycles. The van der Waals surface area contributed by atoms with Gasteiger partial charge in [0.1, 0.15) is 22.3 Å². The molecule has 0 fully saturated rings. The van der Waals surface area contributed by atoms with Gasteiger partial charge in [-0.05, 0) is 24.7 Å². The zero-order chi connectivity index (χ0) is 15.4. The summed E-state index contributed by atoms with van der Waals surface area (Å²) in [5.74, 6) is -1.44. The second kappa shape index (κ2) is 6.45. The third-order valence-corrected chi connectivity index (χ3v) is 3.06. The second-order valence-electron chi connectivity index (χ2n) is 4.45. The highest BCUT2D eigenvalue weighted by atomic mass is 19.1. The number of benzene rings is 1. The van der Waals surface area contributed by atoms with Crippen LogP contribution in [0, 0.1) is 21.7 Å². The number of nitrogens with zero attached hydrogens (tertiary/aromatic N) is 1. The summed E-state index contributed by atoms with van der Waals surface area (Å²) in [7, 11) is 0. The van der Waals surface area contributed by atoms with Crippen LogP contribution in [-0.4, -0.2) is 11.5 Å². The summed E-state index contributed by atoms with van der Waals surface area (Å²) >= 11 is 0. The molecule has 0 saturated heterocycles. The maximum Gasteiger partial charge on any atom is 0.433 e. The first-order chi connectivity index (χ1) is 10.0. The molecular weight excluding hydrogens is 282 g/mol. The molecule has 1 heterocycles. The third kappa shape index (κ3) is 3.43. The molecule has 21 heavy (non-hydrogen) atoms. The number of halogens is 2. The van der Waals surface area contributed by atoms with Gasteiger partial charge in [-0.15, -0.1) is 0 Å². The van der Waals surface area contributed by atoms with Crippen LogP contribution in [0.3, 0.4) is 0 Å². The van der Waals surface area contributed by atoms with Gasteiger partial charge in [0.15, 0.2) is 0 Å². The lowest BCUT2D eigenvalue weighted by molar-refractivity contribution is -0.402. The van der Waals surface area contributed by atoms with E-state index in [9.17, 15) is 18.9 Å². The molecule has 1 aromatic carbocycles. The molecule has 0 radical (unpaired) electrons. The Kier molecular flexibility index (Phi) is 4.64. The molecule has 1 atom stereocenters. The van der Waals surface area contributed by atoms with Crippen LogP contribution >= 0.6 is 0 Å². The van der Waals surface area contributed by atoms with Gasteiger partial charge in [-0.2, -0.15) is 0 Å². The van der Waals surface area contributed by atoms with E-state index in [1.807, 2.05) is 6.92 Å². The van der Waals surface area contributed by atoms with E-state index in [1.165, 1.54) is 30.3 Å². The molecule has 112 valence electrons. The van der Waals surface area contributed by atoms with E-state index in [1.54, 1.807) is 0 Å². The van der Waals surface area contributed by atoms with Crippen LogP contribution in [0.15, 0.2) is 34.7 Å². The molecule has 1 aromatic heterocycles. The molecule has 2 aromatic rings. The first-order valence-corrected chi connectivity index (χ1v) is 6.43. The van der Waals surface area contributed by atoms with Crippen molar-refractivity contribution in [2.24, 2.45) is 0 Å². The number of hydrogen-bond acceptors (Lipinski definition) is 4. The maximum atomic E-state index is 13.7. The van der Waals surface area contributed by atoms with Crippen LogP contribution in [0.25, 0.3) is 0 Å². The lowest BCUT2D eigenvalue weighted by atomic mass is 10.0. The standard InChI is InChI=1S/C14H14F2N2O3/c1-2-17-12(13-6-7-14(21-13)18(19)20)8-9-10(15)4-3-5-11(9)16/h3-7,12,17H,2,8H2,1H3. The highest BCUT2D eigenvalue weighted by Gasteiger charge is 2.22. The Bertz CT molecular complexity index is 623. The van der Waals surface area contributed by atoms with Crippen molar-refractivity contribution in [3.05, 3.63) is 63.4 Å². The first kappa shape index (κ1) is 15.1. The molecule has 0 aliphatic heterocycles. The highest BCUT2D eigenvalue weighted by Crippen LogP contribution is 2.26. The van der Waals surface area contributed by atoms with Crippen molar-refractivity contribution in [2.75, 3.05) is 6.54 Å². The summed E-state index contributed by atoms with van der Waals surface area (Å²) < 4.78 is 32.5. The minimum atomic E-state index is -0.657. The Hall–Kier alpha value is -2.28. The summed E-state index contributed by atoms with van der Waals surface area (Å²) in [6, 6.07) is 5.74. The van der Waals surface area contributed by atoms with E-state index in [4.69, 9.17) is 4.42 Å². The first-order valence-electron chi connectivity index (χ1n) is 6.43. The van der Waals surface area contributed by atoms with E-state index >= 15 is 0 Å². The topological polar surface area (TPSA) is 68.3 Å². The number of hydrogen-bond donors (Lipinski definition) is 1. The zero-order valence-electron chi connectivity index (χ0n) is 11.3. The molecular formula is C14H14F2N2O3. The monoisotopic (exact) mass is 296 g/mol. The molecule has 0 saturated carbocycles. The van der Waals surface area contributed by atoms with Gasteiger partial charge in [-0.1, -0.05) is 13.0 Å². The lowest BCUT2D eigenvalue weighted by Crippen LogP contribution is -2.23. The fourth-order valence-corrected chi connectivity index (χ4v) is 2.08. The van der Waals surface area contributed by atoms with Gasteiger partial charge in [0, 0.05) is 12.0 Å². The molecule has 0 amide bonds. The fraction of sp³-hybridized carbons (Fsp3) is 0.286. The van der Waals surface area contributed by atoms with Crippen molar-refractivity contribution < 1.29 is 18.1 Å². The van der Waals surface area contributed by atoms with Gasteiger partial charge in [-0.25, -0.2) is 8.78 Å². The SMILES string of the molecule is CCNC(Cc1c(F)cccc1F)c1ccc([N+](=O)[O-])o1. The van der Waals surface area contributed by atoms with Crippen molar-refractivity contribution >= 4 is 5.88 Å². The molecule has 0 bridgehead atoms. The summed E-state index contributed by atoms with van der Waals surface area (Å²) in [6.07, 6.45) is -0.00296. The second-order valence-corrected chi connectivity index (χ2v) is 4.45. The van der Waals surface area contributed by atoms with E-state index in [-0.39, 0.29) is 17.7 Å². The fourth-order valence-electron chi connectivity index (χ4n) is 2.08. The number of nitro groups is 1. The minimum absolute atomic E-state index is 0.00296. The van der Waals surface area contributed by atoms with Crippen LogP contribution in [0.5, 0.6) is 0 Å². The lowest BCUT2D eigenvalue weighted by Gasteiger charge is -2.16. The predicted molar refractivity (Wildman–Crippen MR) is 71.8 cm³/mol. The van der Waals surface area contributed by atoms with Crippen molar-refractivity contribution in [2.45, 2.75) is 19.4 Å². The molecule has 0 aliphatic rings. The molecule has 0 spiro atoms.